The molecule has 1 N–H and O–H groups in total. The van der Waals surface area contributed by atoms with Crippen molar-refractivity contribution < 1.29 is 9.90 Å². The minimum atomic E-state index is -1.05. The lowest BCUT2D eigenvalue weighted by molar-refractivity contribution is -0.116. The molecule has 80 valence electrons. The van der Waals surface area contributed by atoms with E-state index in [1.807, 2.05) is 0 Å². The van der Waals surface area contributed by atoms with Crippen molar-refractivity contribution in [3.8, 4) is 0 Å². The largest absolute Gasteiger partial charge is 0.384 e. The molecule has 3 heteroatoms. The summed E-state index contributed by atoms with van der Waals surface area (Å²) in [6, 6.07) is 0. The zero-order chi connectivity index (χ0) is 10.6. The minimum absolute atomic E-state index is 0.0620. The van der Waals surface area contributed by atoms with Gasteiger partial charge in [0.2, 0.25) is 0 Å². The smallest absolute Gasteiger partial charge is 0.160 e. The van der Waals surface area contributed by atoms with Crippen LogP contribution in [0.25, 0.3) is 0 Å². The summed E-state index contributed by atoms with van der Waals surface area (Å²) in [5.41, 5.74) is -1.05. The summed E-state index contributed by atoms with van der Waals surface area (Å²) in [6.45, 7) is 2.14. The topological polar surface area (TPSA) is 37.3 Å². The number of carbonyl (C=O) groups excluding carboxylic acids is 1. The molecule has 1 atom stereocenters. The van der Waals surface area contributed by atoms with Crippen LogP contribution in [0.2, 0.25) is 0 Å². The Morgan fingerprint density at radius 2 is 2.21 bits per heavy atom. The van der Waals surface area contributed by atoms with Crippen molar-refractivity contribution in [2.45, 2.75) is 51.0 Å². The van der Waals surface area contributed by atoms with Crippen molar-refractivity contribution in [1.82, 2.24) is 0 Å². The molecule has 0 bridgehead atoms. The number of ketones is 1. The molecule has 0 aliphatic heterocycles. The van der Waals surface area contributed by atoms with E-state index in [4.69, 9.17) is 11.6 Å². The number of hydrogen-bond donors (Lipinski definition) is 1. The third kappa shape index (κ3) is 2.82. The van der Waals surface area contributed by atoms with Crippen LogP contribution in [0.3, 0.4) is 0 Å². The second kappa shape index (κ2) is 4.94. The zero-order valence-corrected chi connectivity index (χ0v) is 9.31. The lowest BCUT2D eigenvalue weighted by Crippen LogP contribution is -2.27. The summed E-state index contributed by atoms with van der Waals surface area (Å²) in [4.78, 5) is 11.0. The maximum atomic E-state index is 11.0. The molecule has 1 aliphatic rings. The molecule has 0 aromatic heterocycles. The Labute approximate surface area is 90.0 Å². The van der Waals surface area contributed by atoms with Gasteiger partial charge < -0.3 is 5.11 Å². The molecule has 0 saturated carbocycles. The van der Waals surface area contributed by atoms with E-state index in [0.29, 0.717) is 11.5 Å². The molecular weight excluding hydrogens is 200 g/mol. The monoisotopic (exact) mass is 216 g/mol. The van der Waals surface area contributed by atoms with Crippen molar-refractivity contribution in [2.24, 2.45) is 0 Å². The molecule has 0 saturated heterocycles. The fraction of sp³-hybridized carbons (Fsp3) is 0.727. The predicted octanol–water partition coefficient (Wildman–Crippen LogP) is 2.78. The maximum Gasteiger partial charge on any atom is 0.160 e. The number of unbranched alkanes of at least 4 members (excludes halogenated alkanes) is 3. The Bertz CT molecular complexity index is 248. The third-order valence-corrected chi connectivity index (χ3v) is 3.10. The van der Waals surface area contributed by atoms with Crippen molar-refractivity contribution in [1.29, 1.82) is 0 Å². The molecular formula is C11H17ClO2. The van der Waals surface area contributed by atoms with Gasteiger partial charge in [0, 0.05) is 6.42 Å². The molecule has 2 nitrogen and oxygen atoms in total. The first-order valence-corrected chi connectivity index (χ1v) is 5.59. The van der Waals surface area contributed by atoms with Crippen LogP contribution in [0.4, 0.5) is 0 Å². The summed E-state index contributed by atoms with van der Waals surface area (Å²) in [7, 11) is 0. The summed E-state index contributed by atoms with van der Waals surface area (Å²) in [5.74, 6) is -0.0620. The standard InChI is InChI=1S/C11H17ClO2/c1-2-3-4-5-6-11(14)8-9(13)7-10(11)12/h7,14H,2-6,8H2,1H3. The van der Waals surface area contributed by atoms with Crippen LogP contribution < -0.4 is 0 Å². The SMILES string of the molecule is CCCCCCC1(O)CC(=O)C=C1Cl. The van der Waals surface area contributed by atoms with E-state index in [1.54, 1.807) is 0 Å². The predicted molar refractivity (Wildman–Crippen MR) is 57.3 cm³/mol. The Morgan fingerprint density at radius 1 is 1.50 bits per heavy atom. The maximum absolute atomic E-state index is 11.0. The van der Waals surface area contributed by atoms with Crippen LogP contribution in [0.1, 0.15) is 45.4 Å². The number of aliphatic hydroxyl groups is 1. The summed E-state index contributed by atoms with van der Waals surface area (Å²) in [5, 5.41) is 10.3. The second-order valence-corrected chi connectivity index (χ2v) is 4.38. The van der Waals surface area contributed by atoms with Gasteiger partial charge in [-0.15, -0.1) is 0 Å². The Kier molecular flexibility index (Phi) is 4.14. The number of rotatable bonds is 5. The summed E-state index contributed by atoms with van der Waals surface area (Å²) in [6.07, 6.45) is 6.48. The number of hydrogen-bond acceptors (Lipinski definition) is 2. The lowest BCUT2D eigenvalue weighted by atomic mass is 9.95. The first-order chi connectivity index (χ1) is 6.58. The van der Waals surface area contributed by atoms with Gasteiger partial charge in [0.1, 0.15) is 5.60 Å². The van der Waals surface area contributed by atoms with E-state index in [2.05, 4.69) is 6.92 Å². The first-order valence-electron chi connectivity index (χ1n) is 5.21. The van der Waals surface area contributed by atoms with Gasteiger partial charge in [-0.3, -0.25) is 4.79 Å². The molecule has 1 aliphatic carbocycles. The highest BCUT2D eigenvalue weighted by Gasteiger charge is 2.37. The van der Waals surface area contributed by atoms with Crippen LogP contribution in [0, 0.1) is 0 Å². The fourth-order valence-corrected chi connectivity index (χ4v) is 2.03. The molecule has 1 rings (SSSR count). The number of allylic oxidation sites excluding steroid dienone is 1. The summed E-state index contributed by atoms with van der Waals surface area (Å²) >= 11 is 5.82. The number of carbonyl (C=O) groups is 1. The molecule has 0 aromatic carbocycles. The van der Waals surface area contributed by atoms with Gasteiger partial charge in [-0.1, -0.05) is 44.2 Å². The minimum Gasteiger partial charge on any atom is -0.384 e. The zero-order valence-electron chi connectivity index (χ0n) is 8.55. The molecule has 0 fully saturated rings. The van der Waals surface area contributed by atoms with Gasteiger partial charge in [0.15, 0.2) is 5.78 Å². The van der Waals surface area contributed by atoms with Crippen LogP contribution in [0.5, 0.6) is 0 Å². The fourth-order valence-electron chi connectivity index (χ4n) is 1.75. The van der Waals surface area contributed by atoms with E-state index < -0.39 is 5.60 Å². The molecule has 0 aromatic rings. The quantitative estimate of drug-likeness (QED) is 0.718. The Morgan fingerprint density at radius 3 is 2.71 bits per heavy atom. The molecule has 1 unspecified atom stereocenters. The van der Waals surface area contributed by atoms with Crippen molar-refractivity contribution >= 4 is 17.4 Å². The van der Waals surface area contributed by atoms with Crippen LogP contribution in [0.15, 0.2) is 11.1 Å². The van der Waals surface area contributed by atoms with Crippen molar-refractivity contribution in [3.63, 3.8) is 0 Å². The molecule has 0 radical (unpaired) electrons. The van der Waals surface area contributed by atoms with Crippen LogP contribution in [-0.4, -0.2) is 16.5 Å². The highest BCUT2D eigenvalue weighted by molar-refractivity contribution is 6.33. The van der Waals surface area contributed by atoms with E-state index in [0.717, 1.165) is 12.8 Å². The second-order valence-electron chi connectivity index (χ2n) is 3.98. The van der Waals surface area contributed by atoms with Crippen LogP contribution >= 0.6 is 11.6 Å². The van der Waals surface area contributed by atoms with Gasteiger partial charge >= 0.3 is 0 Å². The van der Waals surface area contributed by atoms with E-state index in [1.165, 1.54) is 18.9 Å². The summed E-state index contributed by atoms with van der Waals surface area (Å²) < 4.78 is 0. The van der Waals surface area contributed by atoms with Gasteiger partial charge in [-0.2, -0.15) is 0 Å². The van der Waals surface area contributed by atoms with Gasteiger partial charge in [0.05, 0.1) is 5.03 Å². The Hall–Kier alpha value is -0.340. The molecule has 0 amide bonds. The molecule has 0 heterocycles. The third-order valence-electron chi connectivity index (χ3n) is 2.64. The molecule has 14 heavy (non-hydrogen) atoms. The van der Waals surface area contributed by atoms with Gasteiger partial charge in [-0.25, -0.2) is 0 Å². The highest BCUT2D eigenvalue weighted by atomic mass is 35.5. The van der Waals surface area contributed by atoms with E-state index in [9.17, 15) is 9.90 Å². The average molecular weight is 217 g/mol. The normalized spacial score (nSPS) is 26.8. The Balaban J connectivity index is 2.36. The molecule has 0 spiro atoms. The van der Waals surface area contributed by atoms with Gasteiger partial charge in [0.25, 0.3) is 0 Å². The van der Waals surface area contributed by atoms with E-state index >= 15 is 0 Å². The average Bonchev–Trinajstić information content (AvgIpc) is 2.36. The van der Waals surface area contributed by atoms with Gasteiger partial charge in [-0.05, 0) is 12.5 Å². The highest BCUT2D eigenvalue weighted by Crippen LogP contribution is 2.35. The first kappa shape index (κ1) is 11.7. The lowest BCUT2D eigenvalue weighted by Gasteiger charge is -2.21. The van der Waals surface area contributed by atoms with Crippen molar-refractivity contribution in [3.05, 3.63) is 11.1 Å². The van der Waals surface area contributed by atoms with Crippen LogP contribution in [-0.2, 0) is 4.79 Å². The van der Waals surface area contributed by atoms with E-state index in [-0.39, 0.29) is 12.2 Å². The van der Waals surface area contributed by atoms with Crippen molar-refractivity contribution in [2.75, 3.05) is 0 Å². The number of halogens is 1.